The zero-order valence-corrected chi connectivity index (χ0v) is 21.2. The van der Waals surface area contributed by atoms with E-state index in [4.69, 9.17) is 23.7 Å². The van der Waals surface area contributed by atoms with Crippen molar-refractivity contribution in [1.82, 2.24) is 0 Å². The molecule has 0 aliphatic rings. The first-order chi connectivity index (χ1) is 14.8. The molecule has 0 heterocycles. The molecule has 0 aliphatic heterocycles. The Hall–Kier alpha value is -1.96. The summed E-state index contributed by atoms with van der Waals surface area (Å²) in [7, 11) is 0. The van der Waals surface area contributed by atoms with Crippen LogP contribution in [0.5, 0.6) is 0 Å². The van der Waals surface area contributed by atoms with Crippen LogP contribution < -0.4 is 0 Å². The van der Waals surface area contributed by atoms with Crippen LogP contribution >= 0.6 is 0 Å². The van der Waals surface area contributed by atoms with E-state index >= 15 is 0 Å². The Morgan fingerprint density at radius 2 is 1.09 bits per heavy atom. The van der Waals surface area contributed by atoms with Crippen molar-refractivity contribution in [2.45, 2.75) is 86.2 Å². The Kier molecular flexibility index (Phi) is 14.8. The van der Waals surface area contributed by atoms with Crippen LogP contribution in [0.2, 0.25) is 0 Å². The van der Waals surface area contributed by atoms with E-state index in [9.17, 15) is 9.59 Å². The smallest absolute Gasteiger partial charge is 0.338 e. The highest BCUT2D eigenvalue weighted by Gasteiger charge is 2.12. The fourth-order valence-corrected chi connectivity index (χ4v) is 2.16. The SMILES string of the molecule is CC(C)OC(=O)c1ccc(C(=O)OC(C)C)cc1.CC(C)OCCOCCOC(C)(C)C. The van der Waals surface area contributed by atoms with Gasteiger partial charge in [0.2, 0.25) is 0 Å². The van der Waals surface area contributed by atoms with E-state index in [1.807, 2.05) is 34.6 Å². The van der Waals surface area contributed by atoms with Gasteiger partial charge in [-0.2, -0.15) is 0 Å². The minimum Gasteiger partial charge on any atom is -0.459 e. The second-order valence-electron chi connectivity index (χ2n) is 8.98. The molecule has 184 valence electrons. The van der Waals surface area contributed by atoms with Crippen molar-refractivity contribution in [3.05, 3.63) is 35.4 Å². The van der Waals surface area contributed by atoms with Crippen LogP contribution in [-0.2, 0) is 23.7 Å². The largest absolute Gasteiger partial charge is 0.459 e. The molecule has 32 heavy (non-hydrogen) atoms. The van der Waals surface area contributed by atoms with Crippen molar-refractivity contribution >= 4 is 11.9 Å². The summed E-state index contributed by atoms with van der Waals surface area (Å²) in [6.07, 6.45) is -0.0457. The van der Waals surface area contributed by atoms with Crippen LogP contribution in [0, 0.1) is 0 Å². The average molecular weight is 455 g/mol. The predicted molar refractivity (Wildman–Crippen MR) is 125 cm³/mol. The molecular formula is C25H42O7. The molecule has 0 atom stereocenters. The maximum Gasteiger partial charge on any atom is 0.338 e. The number of carbonyl (C=O) groups is 2. The lowest BCUT2D eigenvalue weighted by Gasteiger charge is -2.19. The summed E-state index contributed by atoms with van der Waals surface area (Å²) in [6.45, 7) is 19.9. The Morgan fingerprint density at radius 3 is 1.44 bits per heavy atom. The molecule has 0 spiro atoms. The summed E-state index contributed by atoms with van der Waals surface area (Å²) in [6, 6.07) is 6.23. The van der Waals surface area contributed by atoms with E-state index in [-0.39, 0.29) is 23.9 Å². The van der Waals surface area contributed by atoms with E-state index in [0.29, 0.717) is 37.6 Å². The van der Waals surface area contributed by atoms with Gasteiger partial charge < -0.3 is 23.7 Å². The minimum absolute atomic E-state index is 0.0716. The summed E-state index contributed by atoms with van der Waals surface area (Å²) < 4.78 is 26.2. The van der Waals surface area contributed by atoms with Crippen molar-refractivity contribution in [2.75, 3.05) is 26.4 Å². The molecule has 0 N–H and O–H groups in total. The van der Waals surface area contributed by atoms with Gasteiger partial charge in [-0.25, -0.2) is 9.59 Å². The standard InChI is InChI=1S/C14H18O4.C11H24O3/c1-9(2)17-13(15)11-5-7-12(8-6-11)14(16)18-10(3)4;1-10(2)13-8-6-12-7-9-14-11(3,4)5/h5-10H,1-4H3;10H,6-9H2,1-5H3. The highest BCUT2D eigenvalue weighted by atomic mass is 16.6. The third kappa shape index (κ3) is 16.7. The summed E-state index contributed by atoms with van der Waals surface area (Å²) in [5.41, 5.74) is 0.771. The normalized spacial score (nSPS) is 11.4. The third-order valence-electron chi connectivity index (χ3n) is 3.48. The van der Waals surface area contributed by atoms with Gasteiger partial charge in [-0.15, -0.1) is 0 Å². The van der Waals surface area contributed by atoms with E-state index < -0.39 is 11.9 Å². The fourth-order valence-electron chi connectivity index (χ4n) is 2.16. The van der Waals surface area contributed by atoms with Gasteiger partial charge in [0.05, 0.1) is 61.5 Å². The van der Waals surface area contributed by atoms with Crippen LogP contribution in [0.4, 0.5) is 0 Å². The first-order valence-corrected chi connectivity index (χ1v) is 11.2. The molecule has 0 aromatic heterocycles. The number of hydrogen-bond acceptors (Lipinski definition) is 7. The van der Waals surface area contributed by atoms with Crippen molar-refractivity contribution in [1.29, 1.82) is 0 Å². The molecule has 0 fully saturated rings. The number of benzene rings is 1. The van der Waals surface area contributed by atoms with Crippen LogP contribution in [-0.4, -0.2) is 62.3 Å². The molecule has 0 saturated carbocycles. The number of rotatable bonds is 11. The summed E-state index contributed by atoms with van der Waals surface area (Å²) in [5, 5.41) is 0. The lowest BCUT2D eigenvalue weighted by atomic mass is 10.1. The topological polar surface area (TPSA) is 80.3 Å². The Labute approximate surface area is 193 Å². The lowest BCUT2D eigenvalue weighted by Crippen LogP contribution is -2.22. The first-order valence-electron chi connectivity index (χ1n) is 11.2. The maximum atomic E-state index is 11.6. The van der Waals surface area contributed by atoms with Gasteiger partial charge in [-0.3, -0.25) is 0 Å². The summed E-state index contributed by atoms with van der Waals surface area (Å²) in [5.74, 6) is -0.789. The zero-order valence-electron chi connectivity index (χ0n) is 21.2. The molecule has 7 heteroatoms. The molecular weight excluding hydrogens is 412 g/mol. The van der Waals surface area contributed by atoms with Gasteiger partial charge >= 0.3 is 11.9 Å². The molecule has 7 nitrogen and oxygen atoms in total. The first kappa shape index (κ1) is 30.0. The highest BCUT2D eigenvalue weighted by Crippen LogP contribution is 2.09. The van der Waals surface area contributed by atoms with Crippen molar-refractivity contribution < 1.29 is 33.3 Å². The minimum atomic E-state index is -0.395. The number of esters is 2. The highest BCUT2D eigenvalue weighted by molar-refractivity contribution is 5.93. The van der Waals surface area contributed by atoms with Crippen molar-refractivity contribution in [3.8, 4) is 0 Å². The monoisotopic (exact) mass is 454 g/mol. The van der Waals surface area contributed by atoms with Crippen molar-refractivity contribution in [3.63, 3.8) is 0 Å². The Morgan fingerprint density at radius 1 is 0.688 bits per heavy atom. The van der Waals surface area contributed by atoms with E-state index in [1.165, 1.54) is 0 Å². The van der Waals surface area contributed by atoms with Crippen LogP contribution in [0.1, 0.15) is 83.0 Å². The molecule has 0 radical (unpaired) electrons. The number of carbonyl (C=O) groups excluding carboxylic acids is 2. The van der Waals surface area contributed by atoms with Crippen LogP contribution in [0.3, 0.4) is 0 Å². The summed E-state index contributed by atoms with van der Waals surface area (Å²) in [4.78, 5) is 23.2. The van der Waals surface area contributed by atoms with Gasteiger partial charge in [0.15, 0.2) is 0 Å². The second-order valence-corrected chi connectivity index (χ2v) is 8.98. The van der Waals surface area contributed by atoms with Gasteiger partial charge in [0.25, 0.3) is 0 Å². The fraction of sp³-hybridized carbons (Fsp3) is 0.680. The summed E-state index contributed by atoms with van der Waals surface area (Å²) >= 11 is 0. The molecule has 0 saturated heterocycles. The second kappa shape index (κ2) is 15.8. The van der Waals surface area contributed by atoms with Gasteiger partial charge in [-0.05, 0) is 86.6 Å². The molecule has 0 bridgehead atoms. The zero-order chi connectivity index (χ0) is 24.7. The molecule has 1 rings (SSSR count). The molecule has 0 unspecified atom stereocenters. The van der Waals surface area contributed by atoms with Crippen LogP contribution in [0.25, 0.3) is 0 Å². The number of hydrogen-bond donors (Lipinski definition) is 0. The predicted octanol–water partition coefficient (Wildman–Crippen LogP) is 5.06. The van der Waals surface area contributed by atoms with Gasteiger partial charge in [0, 0.05) is 0 Å². The Balaban J connectivity index is 0.000000622. The molecule has 0 aliphatic carbocycles. The third-order valence-corrected chi connectivity index (χ3v) is 3.48. The molecule has 1 aromatic rings. The van der Waals surface area contributed by atoms with E-state index in [2.05, 4.69) is 0 Å². The quantitative estimate of drug-likeness (QED) is 0.341. The van der Waals surface area contributed by atoms with Gasteiger partial charge in [-0.1, -0.05) is 0 Å². The molecule has 1 aromatic carbocycles. The molecule has 0 amide bonds. The van der Waals surface area contributed by atoms with E-state index in [1.54, 1.807) is 52.0 Å². The lowest BCUT2D eigenvalue weighted by molar-refractivity contribution is -0.0461. The Bertz CT molecular complexity index is 602. The maximum absolute atomic E-state index is 11.6. The van der Waals surface area contributed by atoms with E-state index in [0.717, 1.165) is 0 Å². The average Bonchev–Trinajstić information content (AvgIpc) is 2.65. The van der Waals surface area contributed by atoms with Gasteiger partial charge in [0.1, 0.15) is 0 Å². The van der Waals surface area contributed by atoms with Crippen molar-refractivity contribution in [2.24, 2.45) is 0 Å². The number of ether oxygens (including phenoxy) is 5. The van der Waals surface area contributed by atoms with Crippen LogP contribution in [0.15, 0.2) is 24.3 Å².